The Balaban J connectivity index is 1.73. The summed E-state index contributed by atoms with van der Waals surface area (Å²) < 4.78 is 6.72. The highest BCUT2D eigenvalue weighted by molar-refractivity contribution is 14.1. The van der Waals surface area contributed by atoms with Gasteiger partial charge in [-0.3, -0.25) is 9.69 Å². The van der Waals surface area contributed by atoms with Crippen molar-refractivity contribution in [3.05, 3.63) is 68.4 Å². The minimum atomic E-state index is -0.385. The van der Waals surface area contributed by atoms with Crippen LogP contribution in [0.4, 0.5) is 4.79 Å². The summed E-state index contributed by atoms with van der Waals surface area (Å²) in [5.74, 6) is 0.375. The van der Waals surface area contributed by atoms with Gasteiger partial charge in [0.2, 0.25) is 0 Å². The van der Waals surface area contributed by atoms with Crippen molar-refractivity contribution in [3.8, 4) is 11.8 Å². The van der Waals surface area contributed by atoms with E-state index < -0.39 is 0 Å². The zero-order valence-corrected chi connectivity index (χ0v) is 17.4. The number of carbonyl (C=O) groups excluding carboxylic acids is 2. The number of halogens is 1. The molecule has 0 aromatic heterocycles. The van der Waals surface area contributed by atoms with Crippen molar-refractivity contribution in [2.24, 2.45) is 0 Å². The molecular weight excluding hydrogens is 469 g/mol. The van der Waals surface area contributed by atoms with Crippen LogP contribution in [-0.4, -0.2) is 23.4 Å². The molecule has 0 spiro atoms. The first-order valence-corrected chi connectivity index (χ1v) is 9.86. The lowest BCUT2D eigenvalue weighted by Crippen LogP contribution is -2.31. The number of amides is 3. The van der Waals surface area contributed by atoms with Crippen molar-refractivity contribution in [1.29, 1.82) is 5.26 Å². The molecule has 0 unspecified atom stereocenters. The Kier molecular flexibility index (Phi) is 6.31. The first-order valence-electron chi connectivity index (χ1n) is 8.78. The second-order valence-electron chi connectivity index (χ2n) is 6.19. The predicted octanol–water partition coefficient (Wildman–Crippen LogP) is 4.04. The Morgan fingerprint density at radius 1 is 1.25 bits per heavy atom. The highest BCUT2D eigenvalue weighted by Gasteiger charge is 2.32. The monoisotopic (exact) mass is 487 g/mol. The summed E-state index contributed by atoms with van der Waals surface area (Å²) in [7, 11) is 0. The highest BCUT2D eigenvalue weighted by atomic mass is 127. The maximum atomic E-state index is 12.3. The quantitative estimate of drug-likeness (QED) is 0.379. The molecule has 0 bridgehead atoms. The van der Waals surface area contributed by atoms with E-state index in [9.17, 15) is 9.59 Å². The SMILES string of the molecule is CCCN1C(=O)N/C(=C/c2ccc(OCc3ccccc3C#N)c(I)c2)C1=O. The second-order valence-corrected chi connectivity index (χ2v) is 7.35. The number of carbonyl (C=O) groups is 2. The van der Waals surface area contributed by atoms with E-state index in [1.807, 2.05) is 43.3 Å². The van der Waals surface area contributed by atoms with Crippen molar-refractivity contribution in [1.82, 2.24) is 10.2 Å². The molecule has 1 fully saturated rings. The van der Waals surface area contributed by atoms with Crippen molar-refractivity contribution in [2.45, 2.75) is 20.0 Å². The fourth-order valence-electron chi connectivity index (χ4n) is 2.80. The highest BCUT2D eigenvalue weighted by Crippen LogP contribution is 2.25. The molecule has 6 nitrogen and oxygen atoms in total. The van der Waals surface area contributed by atoms with Crippen LogP contribution in [0.25, 0.3) is 6.08 Å². The number of imide groups is 1. The molecule has 7 heteroatoms. The van der Waals surface area contributed by atoms with E-state index in [1.54, 1.807) is 12.1 Å². The number of hydrogen-bond acceptors (Lipinski definition) is 4. The molecule has 1 aliphatic rings. The summed E-state index contributed by atoms with van der Waals surface area (Å²) in [4.78, 5) is 25.4. The molecule has 2 aromatic carbocycles. The van der Waals surface area contributed by atoms with Crippen molar-refractivity contribution >= 4 is 40.6 Å². The van der Waals surface area contributed by atoms with Crippen LogP contribution in [0.2, 0.25) is 0 Å². The summed E-state index contributed by atoms with van der Waals surface area (Å²) >= 11 is 2.16. The van der Waals surface area contributed by atoms with E-state index in [4.69, 9.17) is 10.00 Å². The second kappa shape index (κ2) is 8.89. The van der Waals surface area contributed by atoms with Gasteiger partial charge in [-0.05, 0) is 58.9 Å². The average molecular weight is 487 g/mol. The molecule has 0 saturated carbocycles. The Labute approximate surface area is 176 Å². The number of benzene rings is 2. The molecule has 0 aliphatic carbocycles. The number of urea groups is 1. The molecule has 0 radical (unpaired) electrons. The number of nitriles is 1. The minimum absolute atomic E-state index is 0.269. The van der Waals surface area contributed by atoms with E-state index in [0.29, 0.717) is 30.9 Å². The number of hydrogen-bond donors (Lipinski definition) is 1. The van der Waals surface area contributed by atoms with Crippen LogP contribution < -0.4 is 10.1 Å². The molecule has 2 aromatic rings. The lowest BCUT2D eigenvalue weighted by atomic mass is 10.1. The molecule has 28 heavy (non-hydrogen) atoms. The van der Waals surface area contributed by atoms with Gasteiger partial charge in [0.05, 0.1) is 15.2 Å². The van der Waals surface area contributed by atoms with Crippen molar-refractivity contribution in [2.75, 3.05) is 6.54 Å². The van der Waals surface area contributed by atoms with Crippen molar-refractivity contribution in [3.63, 3.8) is 0 Å². The molecule has 1 saturated heterocycles. The molecule has 1 heterocycles. The smallest absolute Gasteiger partial charge is 0.329 e. The number of nitrogens with zero attached hydrogens (tertiary/aromatic N) is 2. The van der Waals surface area contributed by atoms with Gasteiger partial charge in [-0.1, -0.05) is 31.2 Å². The van der Waals surface area contributed by atoms with Gasteiger partial charge in [-0.15, -0.1) is 0 Å². The standard InChI is InChI=1S/C21H18IN3O3/c1-2-9-25-20(26)18(24-21(25)27)11-14-7-8-19(17(22)10-14)28-13-16-6-4-3-5-15(16)12-23/h3-8,10-11H,2,9,13H2,1H3,(H,24,27)/b18-11+. The minimum Gasteiger partial charge on any atom is -0.488 e. The molecule has 3 rings (SSSR count). The summed E-state index contributed by atoms with van der Waals surface area (Å²) in [6.07, 6.45) is 2.37. The fourth-order valence-corrected chi connectivity index (χ4v) is 3.49. The fraction of sp³-hybridized carbons (Fsp3) is 0.190. The topological polar surface area (TPSA) is 82.4 Å². The summed E-state index contributed by atoms with van der Waals surface area (Å²) in [5, 5.41) is 11.8. The zero-order valence-electron chi connectivity index (χ0n) is 15.2. The van der Waals surface area contributed by atoms with E-state index in [-0.39, 0.29) is 17.6 Å². The Morgan fingerprint density at radius 3 is 2.75 bits per heavy atom. The van der Waals surface area contributed by atoms with Gasteiger partial charge in [-0.2, -0.15) is 5.26 Å². The maximum absolute atomic E-state index is 12.3. The summed E-state index contributed by atoms with van der Waals surface area (Å²) in [5.41, 5.74) is 2.47. The van der Waals surface area contributed by atoms with E-state index >= 15 is 0 Å². The summed E-state index contributed by atoms with van der Waals surface area (Å²) in [6.45, 7) is 2.61. The average Bonchev–Trinajstić information content (AvgIpc) is 2.95. The van der Waals surface area contributed by atoms with E-state index in [0.717, 1.165) is 14.7 Å². The van der Waals surface area contributed by atoms with E-state index in [1.165, 1.54) is 4.90 Å². The predicted molar refractivity (Wildman–Crippen MR) is 113 cm³/mol. The third-order valence-corrected chi connectivity index (χ3v) is 5.04. The van der Waals surface area contributed by atoms with Gasteiger partial charge < -0.3 is 10.1 Å². The molecular formula is C21H18IN3O3. The zero-order chi connectivity index (χ0) is 20.1. The Bertz CT molecular complexity index is 995. The van der Waals surface area contributed by atoms with E-state index in [2.05, 4.69) is 34.0 Å². The van der Waals surface area contributed by atoms with Crippen LogP contribution in [0.1, 0.15) is 30.0 Å². The number of rotatable bonds is 6. The molecule has 142 valence electrons. The third kappa shape index (κ3) is 4.34. The maximum Gasteiger partial charge on any atom is 0.329 e. The first kappa shape index (κ1) is 19.9. The molecule has 1 aliphatic heterocycles. The third-order valence-electron chi connectivity index (χ3n) is 4.20. The van der Waals surface area contributed by atoms with Gasteiger partial charge in [0.15, 0.2) is 0 Å². The molecule has 1 N–H and O–H groups in total. The number of ether oxygens (including phenoxy) is 1. The van der Waals surface area contributed by atoms with Crippen LogP contribution in [0.3, 0.4) is 0 Å². The van der Waals surface area contributed by atoms with Gasteiger partial charge >= 0.3 is 6.03 Å². The normalized spacial score (nSPS) is 14.9. The van der Waals surface area contributed by atoms with Crippen LogP contribution in [-0.2, 0) is 11.4 Å². The first-order chi connectivity index (χ1) is 13.5. The van der Waals surface area contributed by atoms with Gasteiger partial charge in [0, 0.05) is 12.1 Å². The van der Waals surface area contributed by atoms with Gasteiger partial charge in [0.25, 0.3) is 5.91 Å². The molecule has 3 amide bonds. The lowest BCUT2D eigenvalue weighted by Gasteiger charge is -2.10. The lowest BCUT2D eigenvalue weighted by molar-refractivity contribution is -0.122. The van der Waals surface area contributed by atoms with Gasteiger partial charge in [-0.25, -0.2) is 4.79 Å². The van der Waals surface area contributed by atoms with Gasteiger partial charge in [0.1, 0.15) is 18.1 Å². The Morgan fingerprint density at radius 2 is 2.04 bits per heavy atom. The van der Waals surface area contributed by atoms with Crippen LogP contribution in [0, 0.1) is 14.9 Å². The van der Waals surface area contributed by atoms with Crippen LogP contribution in [0.15, 0.2) is 48.2 Å². The van der Waals surface area contributed by atoms with Crippen LogP contribution in [0.5, 0.6) is 5.75 Å². The number of nitrogens with one attached hydrogen (secondary N) is 1. The largest absolute Gasteiger partial charge is 0.488 e. The Hall–Kier alpha value is -2.86. The van der Waals surface area contributed by atoms with Crippen molar-refractivity contribution < 1.29 is 14.3 Å². The summed E-state index contributed by atoms with van der Waals surface area (Å²) in [6, 6.07) is 14.6. The molecule has 0 atom stereocenters. The van der Waals surface area contributed by atoms with Crippen LogP contribution >= 0.6 is 22.6 Å².